The molecule has 358 valence electrons. The molecule has 3 heterocycles. The largest absolute Gasteiger partial charge is 0.493 e. The molecule has 2 amide bonds. The van der Waals surface area contributed by atoms with Crippen molar-refractivity contribution in [2.24, 2.45) is 0 Å². The first-order valence-corrected chi connectivity index (χ1v) is 23.5. The highest BCUT2D eigenvalue weighted by atomic mass is 32.1. The smallest absolute Gasteiger partial charge is 0.260 e. The number of ether oxygens (including phenoxy) is 7. The Labute approximate surface area is 404 Å². The van der Waals surface area contributed by atoms with Crippen molar-refractivity contribution in [1.29, 1.82) is 0 Å². The fourth-order valence-corrected chi connectivity index (χ4v) is 9.24. The summed E-state index contributed by atoms with van der Waals surface area (Å²) in [7, 11) is 4.79. The van der Waals surface area contributed by atoms with Gasteiger partial charge in [-0.2, -0.15) is 12.6 Å². The third-order valence-electron chi connectivity index (χ3n) is 12.3. The number of carbonyl (C=O) groups is 2. The molecule has 3 aliphatic rings. The van der Waals surface area contributed by atoms with Gasteiger partial charge in [-0.3, -0.25) is 9.59 Å². The first-order valence-electron chi connectivity index (χ1n) is 23.0. The van der Waals surface area contributed by atoms with E-state index in [4.69, 9.17) is 45.8 Å². The standard InChI is InChI=1S/C53H61N5O9S/c1-6-54-44-29-50(48(62-4)27-42(44)52(59)57-16-15-38-11-7-9-13-46(38)57)66-33-36-23-37(25-40(24-36)56(32-35(2)68)17-18-64-21-22-65-20-19-61-3)34-67-51-30-45-43(28-49(51)63-5)53(60)58-41(31-55-45)26-39-12-8-10-14-47(39)58/h6-14,23-25,27-30,35,41,54-55,68H,1,15-22,26,31-34H2,2-5H3/t35-,41-/m0/s1. The van der Waals surface area contributed by atoms with Crippen LogP contribution in [0.4, 0.5) is 28.4 Å². The number of amides is 2. The number of fused-ring (bicyclic) bond motifs is 5. The molecule has 0 aromatic heterocycles. The van der Waals surface area contributed by atoms with Crippen molar-refractivity contribution >= 4 is 52.9 Å². The number of rotatable bonds is 23. The summed E-state index contributed by atoms with van der Waals surface area (Å²) in [6.45, 7) is 11.1. The molecule has 15 heteroatoms. The SMILES string of the molecule is C=CNc1cc(OCc2cc(COc3cc4c(cc3OC)C(=O)N3c5ccccc5C[C@H]3CN4)cc(N(CCOCCOCCOC)C[C@H](C)S)c2)c(OC)cc1C(=O)N1CCc2ccccc21. The number of anilines is 5. The highest BCUT2D eigenvalue weighted by Gasteiger charge is 2.38. The van der Waals surface area contributed by atoms with E-state index in [9.17, 15) is 9.59 Å². The first kappa shape index (κ1) is 48.1. The Morgan fingerprint density at radius 3 is 2.21 bits per heavy atom. The second kappa shape index (κ2) is 22.6. The monoisotopic (exact) mass is 943 g/mol. The quantitative estimate of drug-likeness (QED) is 0.0429. The molecule has 2 N–H and O–H groups in total. The minimum atomic E-state index is -0.151. The molecule has 0 unspecified atom stereocenters. The van der Waals surface area contributed by atoms with Gasteiger partial charge in [-0.05, 0) is 83.8 Å². The third-order valence-corrected chi connectivity index (χ3v) is 12.4. The number of para-hydroxylation sites is 2. The molecular weight excluding hydrogens is 883 g/mol. The van der Waals surface area contributed by atoms with Crippen LogP contribution >= 0.6 is 12.6 Å². The summed E-state index contributed by atoms with van der Waals surface area (Å²) in [4.78, 5) is 34.2. The van der Waals surface area contributed by atoms with E-state index in [1.54, 1.807) is 50.6 Å². The molecule has 2 atom stereocenters. The summed E-state index contributed by atoms with van der Waals surface area (Å²) in [5.41, 5.74) is 9.00. The van der Waals surface area contributed by atoms with Gasteiger partial charge >= 0.3 is 0 Å². The Balaban J connectivity index is 1.06. The maximum absolute atomic E-state index is 14.1. The molecule has 14 nitrogen and oxygen atoms in total. The van der Waals surface area contributed by atoms with Crippen molar-refractivity contribution in [2.75, 3.05) is 106 Å². The molecule has 5 aromatic carbocycles. The van der Waals surface area contributed by atoms with Gasteiger partial charge in [0.1, 0.15) is 13.2 Å². The lowest BCUT2D eigenvalue weighted by atomic mass is 10.1. The topological polar surface area (TPSA) is 133 Å². The Hall–Kier alpha value is -6.39. The molecule has 0 bridgehead atoms. The molecule has 3 aliphatic heterocycles. The number of thiol groups is 1. The van der Waals surface area contributed by atoms with Crippen molar-refractivity contribution in [3.05, 3.63) is 137 Å². The van der Waals surface area contributed by atoms with Gasteiger partial charge < -0.3 is 58.5 Å². The number of hydrogen-bond acceptors (Lipinski definition) is 13. The van der Waals surface area contributed by atoms with Gasteiger partial charge in [0.2, 0.25) is 0 Å². The average Bonchev–Trinajstić information content (AvgIpc) is 3.93. The summed E-state index contributed by atoms with van der Waals surface area (Å²) in [5.74, 6) is 1.58. The second-order valence-electron chi connectivity index (χ2n) is 16.9. The zero-order chi connectivity index (χ0) is 47.6. The zero-order valence-electron chi connectivity index (χ0n) is 39.3. The first-order chi connectivity index (χ1) is 33.2. The summed E-state index contributed by atoms with van der Waals surface area (Å²) in [5, 5.41) is 6.73. The second-order valence-corrected chi connectivity index (χ2v) is 17.8. The van der Waals surface area contributed by atoms with E-state index in [-0.39, 0.29) is 36.3 Å². The number of methoxy groups -OCH3 is 3. The van der Waals surface area contributed by atoms with Crippen LogP contribution in [0.25, 0.3) is 0 Å². The van der Waals surface area contributed by atoms with E-state index in [0.29, 0.717) is 105 Å². The lowest BCUT2D eigenvalue weighted by molar-refractivity contribution is 0.0265. The van der Waals surface area contributed by atoms with Gasteiger partial charge in [0.05, 0.1) is 75.8 Å². The number of benzene rings is 5. The van der Waals surface area contributed by atoms with Gasteiger partial charge in [0.25, 0.3) is 11.8 Å². The van der Waals surface area contributed by atoms with Crippen molar-refractivity contribution < 1.29 is 42.7 Å². The van der Waals surface area contributed by atoms with Crippen LogP contribution in [0.15, 0.2) is 104 Å². The maximum Gasteiger partial charge on any atom is 0.260 e. The van der Waals surface area contributed by atoms with E-state index in [0.717, 1.165) is 52.2 Å². The predicted octanol–water partition coefficient (Wildman–Crippen LogP) is 8.42. The molecule has 0 radical (unpaired) electrons. The van der Waals surface area contributed by atoms with Crippen molar-refractivity contribution in [3.8, 4) is 23.0 Å². The van der Waals surface area contributed by atoms with Gasteiger partial charge in [-0.1, -0.05) is 49.9 Å². The lowest BCUT2D eigenvalue weighted by Gasteiger charge is -2.28. The predicted molar refractivity (Wildman–Crippen MR) is 270 cm³/mol. The van der Waals surface area contributed by atoms with Gasteiger partial charge in [0.15, 0.2) is 23.0 Å². The third kappa shape index (κ3) is 11.0. The normalized spacial score (nSPS) is 15.0. The van der Waals surface area contributed by atoms with Crippen LogP contribution in [0.5, 0.6) is 23.0 Å². The number of nitrogens with one attached hydrogen (secondary N) is 2. The average molecular weight is 944 g/mol. The number of carbonyl (C=O) groups excluding carboxylic acids is 2. The van der Waals surface area contributed by atoms with Gasteiger partial charge in [-0.25, -0.2) is 0 Å². The van der Waals surface area contributed by atoms with Crippen LogP contribution in [-0.2, 0) is 40.3 Å². The lowest BCUT2D eigenvalue weighted by Crippen LogP contribution is -2.39. The number of hydrogen-bond donors (Lipinski definition) is 3. The highest BCUT2D eigenvalue weighted by molar-refractivity contribution is 7.81. The van der Waals surface area contributed by atoms with E-state index in [1.165, 1.54) is 0 Å². The van der Waals surface area contributed by atoms with Crippen LogP contribution < -0.4 is 44.3 Å². The maximum atomic E-state index is 14.1. The molecule has 0 fully saturated rings. The summed E-state index contributed by atoms with van der Waals surface area (Å²) < 4.78 is 41.5. The molecular formula is C53H61N5O9S. The van der Waals surface area contributed by atoms with Crippen LogP contribution in [0.1, 0.15) is 49.9 Å². The highest BCUT2D eigenvalue weighted by Crippen LogP contribution is 2.41. The van der Waals surface area contributed by atoms with E-state index >= 15 is 0 Å². The Bertz CT molecular complexity index is 2590. The van der Waals surface area contributed by atoms with E-state index in [1.807, 2.05) is 53.4 Å². The summed E-state index contributed by atoms with van der Waals surface area (Å²) in [6, 6.07) is 29.4. The molecule has 0 aliphatic carbocycles. The van der Waals surface area contributed by atoms with Gasteiger partial charge in [0, 0.05) is 67.7 Å². The molecule has 0 saturated carbocycles. The van der Waals surface area contributed by atoms with Crippen LogP contribution in [0, 0.1) is 0 Å². The Morgan fingerprint density at radius 1 is 0.838 bits per heavy atom. The Kier molecular flexibility index (Phi) is 16.0. The van der Waals surface area contributed by atoms with Crippen molar-refractivity contribution in [2.45, 2.75) is 44.3 Å². The molecule has 0 spiro atoms. The summed E-state index contributed by atoms with van der Waals surface area (Å²) in [6.07, 6.45) is 3.11. The minimum absolute atomic E-state index is 0.00747. The van der Waals surface area contributed by atoms with E-state index < -0.39 is 0 Å². The fraction of sp³-hybridized carbons (Fsp3) is 0.358. The van der Waals surface area contributed by atoms with Crippen molar-refractivity contribution in [1.82, 2.24) is 0 Å². The van der Waals surface area contributed by atoms with Crippen LogP contribution in [0.2, 0.25) is 0 Å². The zero-order valence-corrected chi connectivity index (χ0v) is 40.1. The fourth-order valence-electron chi connectivity index (χ4n) is 9.04. The minimum Gasteiger partial charge on any atom is -0.493 e. The van der Waals surface area contributed by atoms with Crippen LogP contribution in [-0.4, -0.2) is 104 Å². The van der Waals surface area contributed by atoms with Gasteiger partial charge in [-0.15, -0.1) is 0 Å². The van der Waals surface area contributed by atoms with Crippen molar-refractivity contribution in [3.63, 3.8) is 0 Å². The Morgan fingerprint density at radius 2 is 1.50 bits per heavy atom. The molecule has 5 aromatic rings. The number of nitrogens with zero attached hydrogens (tertiary/aromatic N) is 3. The molecule has 68 heavy (non-hydrogen) atoms. The van der Waals surface area contributed by atoms with E-state index in [2.05, 4.69) is 53.3 Å². The summed E-state index contributed by atoms with van der Waals surface area (Å²) >= 11 is 4.79. The molecule has 8 rings (SSSR count). The molecule has 0 saturated heterocycles. The van der Waals surface area contributed by atoms with Crippen LogP contribution in [0.3, 0.4) is 0 Å².